The number of aryl methyl sites for hydroxylation is 1. The first kappa shape index (κ1) is 15.4. The van der Waals surface area contributed by atoms with Crippen molar-refractivity contribution in [2.75, 3.05) is 7.05 Å². The van der Waals surface area contributed by atoms with Crippen LogP contribution in [0.2, 0.25) is 0 Å². The highest BCUT2D eigenvalue weighted by Crippen LogP contribution is 2.41. The molecule has 1 aliphatic rings. The lowest BCUT2D eigenvalue weighted by molar-refractivity contribution is -0.189. The molecule has 2 rings (SSSR count). The molecular weight excluding hydrogens is 335 g/mol. The highest BCUT2D eigenvalue weighted by Gasteiger charge is 2.47. The number of carbonyl (C=O) groups excluding carboxylic acids is 1. The largest absolute Gasteiger partial charge is 0.413 e. The van der Waals surface area contributed by atoms with Crippen molar-refractivity contribution in [3.05, 3.63) is 33.8 Å². The van der Waals surface area contributed by atoms with E-state index in [-0.39, 0.29) is 11.5 Å². The Hall–Kier alpha value is -1.04. The van der Waals surface area contributed by atoms with Gasteiger partial charge in [-0.3, -0.25) is 4.79 Å². The molecule has 0 N–H and O–H groups in total. The number of carbonyl (C=O) groups is 1. The Bertz CT molecular complexity index is 526. The maximum atomic E-state index is 13.3. The molecule has 0 radical (unpaired) electrons. The number of nitrogens with zero attached hydrogens (tertiary/aromatic N) is 1. The van der Waals surface area contributed by atoms with Crippen molar-refractivity contribution in [2.24, 2.45) is 5.92 Å². The molecule has 1 aliphatic carbocycles. The van der Waals surface area contributed by atoms with Crippen LogP contribution in [0.3, 0.4) is 0 Å². The predicted octanol–water partition coefficient (Wildman–Crippen LogP) is 4.23. The molecule has 0 spiro atoms. The summed E-state index contributed by atoms with van der Waals surface area (Å²) in [5, 5.41) is 0. The second-order valence-corrected chi connectivity index (χ2v) is 6.03. The third-order valence-electron chi connectivity index (χ3n) is 3.47. The summed E-state index contributed by atoms with van der Waals surface area (Å²) < 4.78 is 40.7. The summed E-state index contributed by atoms with van der Waals surface area (Å²) in [6.45, 7) is 1.73. The molecule has 1 amide bonds. The van der Waals surface area contributed by atoms with Crippen molar-refractivity contribution in [3.8, 4) is 0 Å². The standard InChI is InChI=1S/C14H15BrF3NO/c1-8-7-10(5-6-11(8)15)12(14(16,17)18)19(2)13(20)9-3-4-9/h5-7,9,12H,3-4H2,1-2H3/t12-/m0/s1. The SMILES string of the molecule is Cc1cc([C@H](N(C)C(=O)C2CC2)C(F)(F)F)ccc1Br. The van der Waals surface area contributed by atoms with Crippen molar-refractivity contribution in [1.82, 2.24) is 4.90 Å². The van der Waals surface area contributed by atoms with Crippen LogP contribution in [0.5, 0.6) is 0 Å². The Kier molecular flexibility index (Phi) is 4.14. The number of hydrogen-bond donors (Lipinski definition) is 0. The summed E-state index contributed by atoms with van der Waals surface area (Å²) in [5.41, 5.74) is 0.804. The maximum absolute atomic E-state index is 13.3. The zero-order valence-electron chi connectivity index (χ0n) is 11.2. The van der Waals surface area contributed by atoms with Crippen molar-refractivity contribution in [2.45, 2.75) is 32.0 Å². The minimum Gasteiger partial charge on any atom is -0.330 e. The van der Waals surface area contributed by atoms with Crippen LogP contribution in [0.4, 0.5) is 13.2 Å². The first-order valence-corrected chi connectivity index (χ1v) is 7.10. The van der Waals surface area contributed by atoms with Crippen LogP contribution in [0.25, 0.3) is 0 Å². The Balaban J connectivity index is 2.36. The molecule has 0 aromatic heterocycles. The summed E-state index contributed by atoms with van der Waals surface area (Å²) in [4.78, 5) is 12.8. The molecule has 2 nitrogen and oxygen atoms in total. The smallest absolute Gasteiger partial charge is 0.330 e. The number of amides is 1. The number of halogens is 4. The molecule has 20 heavy (non-hydrogen) atoms. The fourth-order valence-corrected chi connectivity index (χ4v) is 2.46. The van der Waals surface area contributed by atoms with Gasteiger partial charge in [-0.1, -0.05) is 28.1 Å². The van der Waals surface area contributed by atoms with Gasteiger partial charge in [-0.25, -0.2) is 0 Å². The van der Waals surface area contributed by atoms with Gasteiger partial charge in [0.25, 0.3) is 0 Å². The van der Waals surface area contributed by atoms with Gasteiger partial charge in [0.2, 0.25) is 5.91 Å². The van der Waals surface area contributed by atoms with Gasteiger partial charge in [0.1, 0.15) is 0 Å². The van der Waals surface area contributed by atoms with Crippen molar-refractivity contribution in [3.63, 3.8) is 0 Å². The topological polar surface area (TPSA) is 20.3 Å². The third kappa shape index (κ3) is 3.16. The summed E-state index contributed by atoms with van der Waals surface area (Å²) in [7, 11) is 1.23. The Morgan fingerprint density at radius 3 is 2.45 bits per heavy atom. The third-order valence-corrected chi connectivity index (χ3v) is 4.36. The number of hydrogen-bond acceptors (Lipinski definition) is 1. The second kappa shape index (κ2) is 5.39. The van der Waals surface area contributed by atoms with E-state index in [1.165, 1.54) is 19.2 Å². The number of rotatable bonds is 3. The first-order chi connectivity index (χ1) is 9.21. The summed E-state index contributed by atoms with van der Waals surface area (Å²) in [6.07, 6.45) is -3.11. The van der Waals surface area contributed by atoms with E-state index < -0.39 is 18.1 Å². The number of alkyl halides is 3. The van der Waals surface area contributed by atoms with E-state index in [2.05, 4.69) is 15.9 Å². The molecule has 0 saturated heterocycles. The lowest BCUT2D eigenvalue weighted by Gasteiger charge is -2.30. The minimum atomic E-state index is -4.49. The van der Waals surface area contributed by atoms with E-state index in [0.717, 1.165) is 9.37 Å². The summed E-state index contributed by atoms with van der Waals surface area (Å²) in [6, 6.07) is 2.58. The van der Waals surface area contributed by atoms with Crippen molar-refractivity contribution >= 4 is 21.8 Å². The van der Waals surface area contributed by atoms with Crippen molar-refractivity contribution in [1.29, 1.82) is 0 Å². The molecule has 1 saturated carbocycles. The normalized spacial score (nSPS) is 16.9. The van der Waals surface area contributed by atoms with Gasteiger partial charge in [0.15, 0.2) is 6.04 Å². The predicted molar refractivity (Wildman–Crippen MR) is 73.2 cm³/mol. The molecule has 1 aromatic carbocycles. The van der Waals surface area contributed by atoms with E-state index in [1.807, 2.05) is 0 Å². The van der Waals surface area contributed by atoms with Crippen LogP contribution in [0.15, 0.2) is 22.7 Å². The summed E-state index contributed by atoms with van der Waals surface area (Å²) in [5.74, 6) is -0.658. The van der Waals surface area contributed by atoms with Gasteiger partial charge >= 0.3 is 6.18 Å². The average molecular weight is 350 g/mol. The molecule has 0 heterocycles. The highest BCUT2D eigenvalue weighted by atomic mass is 79.9. The van der Waals surface area contributed by atoms with E-state index in [4.69, 9.17) is 0 Å². The lowest BCUT2D eigenvalue weighted by atomic mass is 10.0. The Morgan fingerprint density at radius 1 is 1.40 bits per heavy atom. The molecule has 0 unspecified atom stereocenters. The molecule has 0 bridgehead atoms. The zero-order valence-corrected chi connectivity index (χ0v) is 12.8. The molecular formula is C14H15BrF3NO. The van der Waals surface area contributed by atoms with Gasteiger partial charge in [0, 0.05) is 17.4 Å². The molecule has 1 atom stereocenters. The van der Waals surface area contributed by atoms with Crippen LogP contribution in [0, 0.1) is 12.8 Å². The Morgan fingerprint density at radius 2 is 2.00 bits per heavy atom. The summed E-state index contributed by atoms with van der Waals surface area (Å²) >= 11 is 3.27. The lowest BCUT2D eigenvalue weighted by Crippen LogP contribution is -2.40. The van der Waals surface area contributed by atoms with Gasteiger partial charge in [-0.15, -0.1) is 0 Å². The number of benzene rings is 1. The zero-order chi connectivity index (χ0) is 15.1. The molecule has 1 fully saturated rings. The highest BCUT2D eigenvalue weighted by molar-refractivity contribution is 9.10. The van der Waals surface area contributed by atoms with Gasteiger partial charge in [0.05, 0.1) is 0 Å². The fourth-order valence-electron chi connectivity index (χ4n) is 2.22. The molecule has 6 heteroatoms. The molecule has 0 aliphatic heterocycles. The molecule has 1 aromatic rings. The van der Waals surface area contributed by atoms with E-state index in [9.17, 15) is 18.0 Å². The van der Waals surface area contributed by atoms with Crippen LogP contribution in [-0.4, -0.2) is 24.0 Å². The van der Waals surface area contributed by atoms with Crippen molar-refractivity contribution < 1.29 is 18.0 Å². The van der Waals surface area contributed by atoms with E-state index in [0.29, 0.717) is 18.4 Å². The van der Waals surface area contributed by atoms with E-state index in [1.54, 1.807) is 13.0 Å². The van der Waals surface area contributed by atoms with Gasteiger partial charge in [-0.05, 0) is 37.0 Å². The van der Waals surface area contributed by atoms with E-state index >= 15 is 0 Å². The quantitative estimate of drug-likeness (QED) is 0.799. The van der Waals surface area contributed by atoms with Gasteiger partial charge in [-0.2, -0.15) is 13.2 Å². The second-order valence-electron chi connectivity index (χ2n) is 5.18. The monoisotopic (exact) mass is 349 g/mol. The van der Waals surface area contributed by atoms with Crippen LogP contribution >= 0.6 is 15.9 Å². The Labute approximate surface area is 124 Å². The average Bonchev–Trinajstić information content (AvgIpc) is 3.15. The molecule has 110 valence electrons. The maximum Gasteiger partial charge on any atom is 0.413 e. The van der Waals surface area contributed by atoms with Gasteiger partial charge < -0.3 is 4.90 Å². The van der Waals surface area contributed by atoms with Crippen LogP contribution in [-0.2, 0) is 4.79 Å². The minimum absolute atomic E-state index is 0.0923. The fraction of sp³-hybridized carbons (Fsp3) is 0.500. The first-order valence-electron chi connectivity index (χ1n) is 6.31. The van der Waals surface area contributed by atoms with Crippen LogP contribution < -0.4 is 0 Å². The van der Waals surface area contributed by atoms with Crippen LogP contribution in [0.1, 0.15) is 30.0 Å².